The van der Waals surface area contributed by atoms with Crippen molar-refractivity contribution in [2.45, 2.75) is 13.0 Å². The molecule has 2 aromatic carbocycles. The molecule has 2 amide bonds. The molecular weight excluding hydrogens is 320 g/mol. The highest BCUT2D eigenvalue weighted by atomic mass is 16.6. The number of carbonyl (C=O) groups excluding carboxylic acids is 2. The number of carbonyl (C=O) groups is 2. The zero-order chi connectivity index (χ0) is 17.8. The molecule has 1 unspecified atom stereocenters. The molecule has 0 saturated carbocycles. The van der Waals surface area contributed by atoms with E-state index in [0.29, 0.717) is 12.1 Å². The summed E-state index contributed by atoms with van der Waals surface area (Å²) in [6, 6.07) is 14.5. The van der Waals surface area contributed by atoms with Crippen LogP contribution in [0, 0.1) is 6.92 Å². The van der Waals surface area contributed by atoms with Crippen molar-refractivity contribution in [1.82, 2.24) is 5.32 Å². The van der Waals surface area contributed by atoms with Crippen LogP contribution in [0.2, 0.25) is 0 Å². The van der Waals surface area contributed by atoms with Gasteiger partial charge in [-0.2, -0.15) is 0 Å². The van der Waals surface area contributed by atoms with E-state index in [2.05, 4.69) is 5.32 Å². The van der Waals surface area contributed by atoms with E-state index in [9.17, 15) is 9.59 Å². The first-order valence-electron chi connectivity index (χ1n) is 8.04. The van der Waals surface area contributed by atoms with Crippen LogP contribution in [0.5, 0.6) is 5.75 Å². The molecule has 0 aliphatic carbocycles. The van der Waals surface area contributed by atoms with Crippen LogP contribution in [-0.4, -0.2) is 38.3 Å². The number of hydrogen-bond donors (Lipinski definition) is 1. The first-order valence-corrected chi connectivity index (χ1v) is 8.04. The Labute approximate surface area is 146 Å². The van der Waals surface area contributed by atoms with Gasteiger partial charge in [0.2, 0.25) is 0 Å². The maximum Gasteiger partial charge on any atom is 0.414 e. The second-order valence-electron chi connectivity index (χ2n) is 5.89. The summed E-state index contributed by atoms with van der Waals surface area (Å²) < 4.78 is 10.4. The second kappa shape index (κ2) is 7.25. The summed E-state index contributed by atoms with van der Waals surface area (Å²) in [7, 11) is 1.59. The molecule has 1 aliphatic heterocycles. The molecule has 1 saturated heterocycles. The zero-order valence-electron chi connectivity index (χ0n) is 14.2. The van der Waals surface area contributed by atoms with Crippen molar-refractivity contribution in [1.29, 1.82) is 0 Å². The van der Waals surface area contributed by atoms with Crippen LogP contribution in [0.1, 0.15) is 15.9 Å². The molecule has 1 atom stereocenters. The SMILES string of the molecule is COc1ccc(N2CC(CNC(=O)c3ccc(C)cc3)OC2=O)cc1. The first kappa shape index (κ1) is 16.8. The third-order valence-corrected chi connectivity index (χ3v) is 4.06. The smallest absolute Gasteiger partial charge is 0.414 e. The Hall–Kier alpha value is -3.02. The van der Waals surface area contributed by atoms with Crippen LogP contribution in [0.4, 0.5) is 10.5 Å². The number of amides is 2. The van der Waals surface area contributed by atoms with Crippen LogP contribution < -0.4 is 15.0 Å². The Bertz CT molecular complexity index is 756. The van der Waals surface area contributed by atoms with Crippen LogP contribution in [-0.2, 0) is 4.74 Å². The van der Waals surface area contributed by atoms with Gasteiger partial charge in [-0.15, -0.1) is 0 Å². The standard InChI is InChI=1S/C19H20N2O4/c1-13-3-5-14(6-4-13)18(22)20-11-17-12-21(19(23)25-17)15-7-9-16(24-2)10-8-15/h3-10,17H,11-12H2,1-2H3,(H,20,22). The van der Waals surface area contributed by atoms with E-state index >= 15 is 0 Å². The van der Waals surface area contributed by atoms with Gasteiger partial charge >= 0.3 is 6.09 Å². The summed E-state index contributed by atoms with van der Waals surface area (Å²) >= 11 is 0. The molecular formula is C19H20N2O4. The lowest BCUT2D eigenvalue weighted by Crippen LogP contribution is -2.34. The average molecular weight is 340 g/mol. The van der Waals surface area contributed by atoms with Gasteiger partial charge in [0.05, 0.1) is 20.2 Å². The number of cyclic esters (lactones) is 1. The van der Waals surface area contributed by atoms with E-state index in [1.165, 1.54) is 0 Å². The molecule has 0 radical (unpaired) electrons. The van der Waals surface area contributed by atoms with Gasteiger partial charge in [0, 0.05) is 11.3 Å². The Balaban J connectivity index is 1.57. The minimum absolute atomic E-state index is 0.182. The Morgan fingerprint density at radius 2 is 1.88 bits per heavy atom. The summed E-state index contributed by atoms with van der Waals surface area (Å²) in [5.41, 5.74) is 2.41. The minimum atomic E-state index is -0.417. The van der Waals surface area contributed by atoms with Crippen LogP contribution >= 0.6 is 0 Å². The number of nitrogens with one attached hydrogen (secondary N) is 1. The number of rotatable bonds is 5. The highest BCUT2D eigenvalue weighted by molar-refractivity contribution is 5.94. The number of aryl methyl sites for hydroxylation is 1. The lowest BCUT2D eigenvalue weighted by molar-refractivity contribution is 0.0916. The Kier molecular flexibility index (Phi) is 4.88. The fraction of sp³-hybridized carbons (Fsp3) is 0.263. The zero-order valence-corrected chi connectivity index (χ0v) is 14.2. The normalized spacial score (nSPS) is 16.5. The second-order valence-corrected chi connectivity index (χ2v) is 5.89. The van der Waals surface area contributed by atoms with Gasteiger partial charge in [0.25, 0.3) is 5.91 Å². The summed E-state index contributed by atoms with van der Waals surface area (Å²) in [4.78, 5) is 25.7. The van der Waals surface area contributed by atoms with Crippen LogP contribution in [0.25, 0.3) is 0 Å². The third-order valence-electron chi connectivity index (χ3n) is 4.06. The molecule has 130 valence electrons. The largest absolute Gasteiger partial charge is 0.497 e. The van der Waals surface area contributed by atoms with E-state index in [1.807, 2.05) is 19.1 Å². The van der Waals surface area contributed by atoms with Crippen molar-refractivity contribution in [2.24, 2.45) is 0 Å². The van der Waals surface area contributed by atoms with Gasteiger partial charge < -0.3 is 14.8 Å². The topological polar surface area (TPSA) is 67.9 Å². The maximum absolute atomic E-state index is 12.1. The van der Waals surface area contributed by atoms with E-state index in [1.54, 1.807) is 48.4 Å². The summed E-state index contributed by atoms with van der Waals surface area (Å²) in [5, 5.41) is 2.81. The van der Waals surface area contributed by atoms with Gasteiger partial charge in [-0.1, -0.05) is 17.7 Å². The van der Waals surface area contributed by atoms with Crippen molar-refractivity contribution >= 4 is 17.7 Å². The third kappa shape index (κ3) is 3.91. The number of anilines is 1. The fourth-order valence-corrected chi connectivity index (χ4v) is 2.61. The van der Waals surface area contributed by atoms with E-state index in [-0.39, 0.29) is 18.6 Å². The minimum Gasteiger partial charge on any atom is -0.497 e. The fourth-order valence-electron chi connectivity index (χ4n) is 2.61. The highest BCUT2D eigenvalue weighted by Crippen LogP contribution is 2.24. The summed E-state index contributed by atoms with van der Waals surface area (Å²) in [5.74, 6) is 0.539. The van der Waals surface area contributed by atoms with Crippen LogP contribution in [0.15, 0.2) is 48.5 Å². The first-order chi connectivity index (χ1) is 12.1. The van der Waals surface area contributed by atoms with Crippen molar-refractivity contribution in [3.05, 3.63) is 59.7 Å². The number of hydrogen-bond acceptors (Lipinski definition) is 4. The van der Waals surface area contributed by atoms with Crippen molar-refractivity contribution in [3.63, 3.8) is 0 Å². The number of benzene rings is 2. The molecule has 0 aromatic heterocycles. The molecule has 1 N–H and O–H groups in total. The van der Waals surface area contributed by atoms with Gasteiger partial charge in [-0.3, -0.25) is 9.69 Å². The predicted octanol–water partition coefficient (Wildman–Crippen LogP) is 2.76. The van der Waals surface area contributed by atoms with Crippen molar-refractivity contribution in [3.8, 4) is 5.75 Å². The van der Waals surface area contributed by atoms with Gasteiger partial charge in [0.1, 0.15) is 11.9 Å². The monoisotopic (exact) mass is 340 g/mol. The van der Waals surface area contributed by atoms with Gasteiger partial charge in [-0.25, -0.2) is 4.79 Å². The lowest BCUT2D eigenvalue weighted by atomic mass is 10.1. The molecule has 6 heteroatoms. The highest BCUT2D eigenvalue weighted by Gasteiger charge is 2.32. The van der Waals surface area contributed by atoms with Crippen molar-refractivity contribution < 1.29 is 19.1 Å². The van der Waals surface area contributed by atoms with E-state index in [0.717, 1.165) is 17.0 Å². The predicted molar refractivity (Wildman–Crippen MR) is 94.1 cm³/mol. The summed E-state index contributed by atoms with van der Waals surface area (Å²) in [6.07, 6.45) is -0.802. The Morgan fingerprint density at radius 1 is 1.20 bits per heavy atom. The lowest BCUT2D eigenvalue weighted by Gasteiger charge is -2.13. The Morgan fingerprint density at radius 3 is 2.52 bits per heavy atom. The van der Waals surface area contributed by atoms with E-state index in [4.69, 9.17) is 9.47 Å². The molecule has 1 heterocycles. The van der Waals surface area contributed by atoms with E-state index < -0.39 is 6.09 Å². The molecule has 0 spiro atoms. The average Bonchev–Trinajstić information content (AvgIpc) is 3.01. The molecule has 6 nitrogen and oxygen atoms in total. The van der Waals surface area contributed by atoms with Crippen LogP contribution in [0.3, 0.4) is 0 Å². The molecule has 25 heavy (non-hydrogen) atoms. The summed E-state index contributed by atoms with van der Waals surface area (Å²) in [6.45, 7) is 2.62. The number of ether oxygens (including phenoxy) is 2. The number of methoxy groups -OCH3 is 1. The molecule has 0 bridgehead atoms. The molecule has 3 rings (SSSR count). The maximum atomic E-state index is 12.1. The number of nitrogens with zero attached hydrogens (tertiary/aromatic N) is 1. The van der Waals surface area contributed by atoms with Gasteiger partial charge in [0.15, 0.2) is 0 Å². The molecule has 2 aromatic rings. The molecule has 1 fully saturated rings. The molecule has 1 aliphatic rings. The van der Waals surface area contributed by atoms with Gasteiger partial charge in [-0.05, 0) is 43.3 Å². The quantitative estimate of drug-likeness (QED) is 0.909. The van der Waals surface area contributed by atoms with Crippen molar-refractivity contribution in [2.75, 3.05) is 25.1 Å².